The molecule has 0 saturated heterocycles. The van der Waals surface area contributed by atoms with Crippen LogP contribution in [0.5, 0.6) is 5.75 Å². The molecule has 2 saturated carbocycles. The minimum absolute atomic E-state index is 0.00706. The second-order valence-corrected chi connectivity index (χ2v) is 9.06. The number of aromatic nitrogens is 1. The Kier molecular flexibility index (Phi) is 4.18. The number of ether oxygens (including phenoxy) is 1. The highest BCUT2D eigenvalue weighted by atomic mass is 16.5. The molecule has 1 N–H and O–H groups in total. The molecular formula is C24H27NO3. The van der Waals surface area contributed by atoms with Crippen molar-refractivity contribution in [3.8, 4) is 5.75 Å². The fraction of sp³-hybridized carbons (Fsp3) is 0.500. The van der Waals surface area contributed by atoms with Crippen molar-refractivity contribution >= 4 is 5.97 Å². The highest BCUT2D eigenvalue weighted by Crippen LogP contribution is 2.61. The van der Waals surface area contributed by atoms with E-state index in [-0.39, 0.29) is 17.5 Å². The third-order valence-corrected chi connectivity index (χ3v) is 7.77. The summed E-state index contributed by atoms with van der Waals surface area (Å²) in [4.78, 5) is 16.7. The second-order valence-electron chi connectivity index (χ2n) is 9.06. The van der Waals surface area contributed by atoms with Gasteiger partial charge in [-0.15, -0.1) is 0 Å². The average Bonchev–Trinajstić information content (AvgIpc) is 3.04. The van der Waals surface area contributed by atoms with Crippen LogP contribution in [0.25, 0.3) is 0 Å². The van der Waals surface area contributed by atoms with E-state index in [1.807, 2.05) is 12.1 Å². The first-order chi connectivity index (χ1) is 13.6. The third-order valence-electron chi connectivity index (χ3n) is 7.77. The first-order valence-electron chi connectivity index (χ1n) is 10.5. The Hall–Kier alpha value is -2.36. The monoisotopic (exact) mass is 377 g/mol. The zero-order chi connectivity index (χ0) is 19.3. The third kappa shape index (κ3) is 2.73. The van der Waals surface area contributed by atoms with Crippen LogP contribution in [-0.2, 0) is 11.2 Å². The fourth-order valence-electron chi connectivity index (χ4n) is 6.40. The van der Waals surface area contributed by atoms with Crippen molar-refractivity contribution in [2.24, 2.45) is 17.3 Å². The fourth-order valence-corrected chi connectivity index (χ4v) is 6.40. The van der Waals surface area contributed by atoms with Crippen molar-refractivity contribution in [2.45, 2.75) is 57.5 Å². The Labute approximate surface area is 166 Å². The number of carbonyl (C=O) groups is 1. The lowest BCUT2D eigenvalue weighted by Gasteiger charge is -2.50. The second kappa shape index (κ2) is 6.61. The van der Waals surface area contributed by atoms with Crippen molar-refractivity contribution in [3.63, 3.8) is 0 Å². The lowest BCUT2D eigenvalue weighted by atomic mass is 9.55. The van der Waals surface area contributed by atoms with Gasteiger partial charge in [0, 0.05) is 17.8 Å². The van der Waals surface area contributed by atoms with Gasteiger partial charge in [-0.3, -0.25) is 4.98 Å². The van der Waals surface area contributed by atoms with Gasteiger partial charge in [0.15, 0.2) is 0 Å². The Bertz CT molecular complexity index is 896. The maximum absolute atomic E-state index is 12.6. The van der Waals surface area contributed by atoms with Crippen LogP contribution in [0.2, 0.25) is 0 Å². The van der Waals surface area contributed by atoms with E-state index in [0.29, 0.717) is 29.1 Å². The lowest BCUT2D eigenvalue weighted by Crippen LogP contribution is -2.45. The molecule has 5 rings (SSSR count). The van der Waals surface area contributed by atoms with Crippen LogP contribution >= 0.6 is 0 Å². The Morgan fingerprint density at radius 1 is 1.21 bits per heavy atom. The van der Waals surface area contributed by atoms with Gasteiger partial charge >= 0.3 is 5.97 Å². The number of aromatic hydroxyl groups is 1. The molecule has 0 amide bonds. The van der Waals surface area contributed by atoms with E-state index in [4.69, 9.17) is 4.74 Å². The number of rotatable bonds is 2. The summed E-state index contributed by atoms with van der Waals surface area (Å²) in [5.41, 5.74) is 3.36. The minimum Gasteiger partial charge on any atom is -0.508 e. The van der Waals surface area contributed by atoms with Gasteiger partial charge < -0.3 is 9.84 Å². The Morgan fingerprint density at radius 2 is 2.11 bits per heavy atom. The molecule has 2 aromatic rings. The van der Waals surface area contributed by atoms with E-state index in [1.54, 1.807) is 24.5 Å². The average molecular weight is 377 g/mol. The normalized spacial score (nSPS) is 33.5. The van der Waals surface area contributed by atoms with E-state index in [9.17, 15) is 9.90 Å². The number of carbonyl (C=O) groups excluding carboxylic acids is 1. The minimum atomic E-state index is -0.244. The molecule has 1 heterocycles. The van der Waals surface area contributed by atoms with Crippen molar-refractivity contribution in [1.82, 2.24) is 4.98 Å². The molecule has 4 nitrogen and oxygen atoms in total. The van der Waals surface area contributed by atoms with E-state index in [0.717, 1.165) is 32.1 Å². The molecule has 0 radical (unpaired) electrons. The number of hydrogen-bond donors (Lipinski definition) is 1. The Morgan fingerprint density at radius 3 is 2.93 bits per heavy atom. The molecule has 1 aromatic heterocycles. The highest BCUT2D eigenvalue weighted by molar-refractivity contribution is 5.89. The summed E-state index contributed by atoms with van der Waals surface area (Å²) in [5.74, 6) is 1.96. The summed E-state index contributed by atoms with van der Waals surface area (Å²) in [7, 11) is 0. The van der Waals surface area contributed by atoms with E-state index in [1.165, 1.54) is 17.5 Å². The first kappa shape index (κ1) is 17.7. The van der Waals surface area contributed by atoms with Crippen LogP contribution in [0.15, 0.2) is 42.7 Å². The number of benzene rings is 1. The Balaban J connectivity index is 1.37. The molecule has 3 aliphatic rings. The summed E-state index contributed by atoms with van der Waals surface area (Å²) in [6.07, 6.45) is 9.78. The maximum atomic E-state index is 12.6. The number of phenols is 1. The number of aryl methyl sites for hydroxylation is 1. The van der Waals surface area contributed by atoms with Crippen molar-refractivity contribution in [2.75, 3.05) is 0 Å². The summed E-state index contributed by atoms with van der Waals surface area (Å²) >= 11 is 0. The van der Waals surface area contributed by atoms with Crippen LogP contribution in [0.1, 0.15) is 66.4 Å². The zero-order valence-electron chi connectivity index (χ0n) is 16.3. The quantitative estimate of drug-likeness (QED) is 0.759. The number of fused-ring (bicyclic) bond motifs is 5. The molecule has 28 heavy (non-hydrogen) atoms. The van der Waals surface area contributed by atoms with Crippen molar-refractivity contribution < 1.29 is 14.6 Å². The predicted octanol–water partition coefficient (Wildman–Crippen LogP) is 4.87. The van der Waals surface area contributed by atoms with E-state index < -0.39 is 0 Å². The van der Waals surface area contributed by atoms with Crippen molar-refractivity contribution in [3.05, 3.63) is 59.4 Å². The van der Waals surface area contributed by atoms with Gasteiger partial charge in [0.05, 0.1) is 5.56 Å². The summed E-state index contributed by atoms with van der Waals surface area (Å²) < 4.78 is 6.02. The van der Waals surface area contributed by atoms with Crippen LogP contribution in [0, 0.1) is 17.3 Å². The molecule has 0 unspecified atom stereocenters. The molecule has 2 fully saturated rings. The summed E-state index contributed by atoms with van der Waals surface area (Å²) in [6.45, 7) is 2.34. The number of esters is 1. The molecule has 0 bridgehead atoms. The number of phenolic OH excluding ortho intramolecular Hbond substituents is 1. The zero-order valence-corrected chi connectivity index (χ0v) is 16.3. The van der Waals surface area contributed by atoms with Gasteiger partial charge in [-0.25, -0.2) is 4.79 Å². The number of hydrogen-bond acceptors (Lipinski definition) is 4. The highest BCUT2D eigenvalue weighted by Gasteiger charge is 2.56. The van der Waals surface area contributed by atoms with E-state index in [2.05, 4.69) is 18.0 Å². The SMILES string of the molecule is C[C@]12CC[C@@H]3c4ccc(O)cc4CC[C@H]3[C@@H]1CC[C@@H]2OC(=O)c1cccnc1. The smallest absolute Gasteiger partial charge is 0.339 e. The molecule has 1 aromatic carbocycles. The summed E-state index contributed by atoms with van der Waals surface area (Å²) in [6, 6.07) is 9.47. The molecule has 4 heteroatoms. The van der Waals surface area contributed by atoms with Gasteiger partial charge in [-0.05, 0) is 91.7 Å². The van der Waals surface area contributed by atoms with E-state index >= 15 is 0 Å². The standard InChI is InChI=1S/C24H27NO3/c1-24-11-10-19-18-7-5-17(26)13-15(18)4-6-20(19)21(24)8-9-22(24)28-23(27)16-3-2-12-25-14-16/h2-3,5,7,12-14,19-22,26H,4,6,8-11H2,1H3/t19-,20-,21+,22+,24+/m1/s1. The molecule has 0 spiro atoms. The molecular weight excluding hydrogens is 350 g/mol. The van der Waals surface area contributed by atoms with Gasteiger partial charge in [0.2, 0.25) is 0 Å². The first-order valence-corrected chi connectivity index (χ1v) is 10.5. The molecule has 0 aliphatic heterocycles. The van der Waals surface area contributed by atoms with Crippen molar-refractivity contribution in [1.29, 1.82) is 0 Å². The van der Waals surface area contributed by atoms with Crippen LogP contribution in [0.3, 0.4) is 0 Å². The molecule has 146 valence electrons. The number of nitrogens with zero attached hydrogens (tertiary/aromatic N) is 1. The lowest BCUT2D eigenvalue weighted by molar-refractivity contribution is -0.0428. The van der Waals surface area contributed by atoms with Gasteiger partial charge in [0.25, 0.3) is 0 Å². The molecule has 5 atom stereocenters. The summed E-state index contributed by atoms with van der Waals surface area (Å²) in [5, 5.41) is 9.84. The van der Waals surface area contributed by atoms with Crippen LogP contribution in [0.4, 0.5) is 0 Å². The topological polar surface area (TPSA) is 59.4 Å². The number of pyridine rings is 1. The van der Waals surface area contributed by atoms with Crippen LogP contribution < -0.4 is 0 Å². The van der Waals surface area contributed by atoms with Gasteiger partial charge in [-0.1, -0.05) is 13.0 Å². The maximum Gasteiger partial charge on any atom is 0.339 e. The largest absolute Gasteiger partial charge is 0.508 e. The van der Waals surface area contributed by atoms with Gasteiger partial charge in [-0.2, -0.15) is 0 Å². The van der Waals surface area contributed by atoms with Gasteiger partial charge in [0.1, 0.15) is 11.9 Å². The predicted molar refractivity (Wildman–Crippen MR) is 106 cm³/mol. The molecule has 3 aliphatic carbocycles. The van der Waals surface area contributed by atoms with Crippen LogP contribution in [-0.4, -0.2) is 22.2 Å².